The number of alkyl halides is 2. The summed E-state index contributed by atoms with van der Waals surface area (Å²) in [7, 11) is 0. The van der Waals surface area contributed by atoms with Gasteiger partial charge in [-0.2, -0.15) is 5.10 Å². The lowest BCUT2D eigenvalue weighted by Gasteiger charge is -2.11. The molecule has 0 aliphatic carbocycles. The Morgan fingerprint density at radius 3 is 2.74 bits per heavy atom. The molecule has 0 saturated carbocycles. The van der Waals surface area contributed by atoms with Gasteiger partial charge in [-0.25, -0.2) is 8.78 Å². The van der Waals surface area contributed by atoms with E-state index in [1.54, 1.807) is 0 Å². The van der Waals surface area contributed by atoms with E-state index < -0.39 is 19.1 Å². The maximum atomic E-state index is 11.8. The third kappa shape index (κ3) is 5.65. The summed E-state index contributed by atoms with van der Waals surface area (Å²) in [6, 6.07) is 1.98. The smallest absolute Gasteiger partial charge is 0.261 e. The highest BCUT2D eigenvalue weighted by Gasteiger charge is 2.12. The summed E-state index contributed by atoms with van der Waals surface area (Å²) in [4.78, 5) is 0. The van der Waals surface area contributed by atoms with Gasteiger partial charge in [0, 0.05) is 25.3 Å². The van der Waals surface area contributed by atoms with Gasteiger partial charge < -0.3 is 9.84 Å². The Bertz CT molecular complexity index is 370. The first-order valence-electron chi connectivity index (χ1n) is 6.66. The number of rotatable bonds is 9. The number of ether oxygens (including phenoxy) is 1. The van der Waals surface area contributed by atoms with Crippen molar-refractivity contribution in [2.45, 2.75) is 52.2 Å². The molecule has 0 aliphatic rings. The average molecular weight is 276 g/mol. The Balaban J connectivity index is 2.38. The van der Waals surface area contributed by atoms with Gasteiger partial charge in [-0.05, 0) is 25.8 Å². The predicted molar refractivity (Wildman–Crippen MR) is 68.4 cm³/mol. The van der Waals surface area contributed by atoms with Crippen LogP contribution in [-0.4, -0.2) is 40.6 Å². The van der Waals surface area contributed by atoms with Crippen molar-refractivity contribution in [1.82, 2.24) is 9.78 Å². The Morgan fingerprint density at radius 1 is 1.42 bits per heavy atom. The molecule has 1 unspecified atom stereocenters. The predicted octanol–water partition coefficient (Wildman–Crippen LogP) is 2.04. The molecule has 19 heavy (non-hydrogen) atoms. The summed E-state index contributed by atoms with van der Waals surface area (Å²) >= 11 is 0. The largest absolute Gasteiger partial charge is 0.393 e. The normalized spacial score (nSPS) is 13.2. The van der Waals surface area contributed by atoms with E-state index >= 15 is 0 Å². The van der Waals surface area contributed by atoms with E-state index in [1.807, 2.05) is 24.6 Å². The number of hydrogen-bond donors (Lipinski definition) is 1. The minimum atomic E-state index is -2.45. The topological polar surface area (TPSA) is 47.3 Å². The van der Waals surface area contributed by atoms with E-state index in [2.05, 4.69) is 5.10 Å². The molecule has 0 saturated heterocycles. The van der Waals surface area contributed by atoms with E-state index in [-0.39, 0.29) is 6.61 Å². The maximum Gasteiger partial charge on any atom is 0.261 e. The first-order chi connectivity index (χ1) is 9.06. The van der Waals surface area contributed by atoms with Crippen LogP contribution in [0.4, 0.5) is 8.78 Å². The van der Waals surface area contributed by atoms with Crippen molar-refractivity contribution >= 4 is 0 Å². The van der Waals surface area contributed by atoms with Gasteiger partial charge in [-0.1, -0.05) is 6.92 Å². The van der Waals surface area contributed by atoms with Crippen molar-refractivity contribution in [3.63, 3.8) is 0 Å². The van der Waals surface area contributed by atoms with Gasteiger partial charge >= 0.3 is 0 Å². The molecule has 1 heterocycles. The van der Waals surface area contributed by atoms with Gasteiger partial charge in [-0.15, -0.1) is 0 Å². The Hall–Kier alpha value is -1.01. The van der Waals surface area contributed by atoms with Crippen molar-refractivity contribution in [3.8, 4) is 0 Å². The van der Waals surface area contributed by atoms with Gasteiger partial charge in [0.05, 0.1) is 11.8 Å². The lowest BCUT2D eigenvalue weighted by atomic mass is 10.1. The second-order valence-corrected chi connectivity index (χ2v) is 4.41. The first-order valence-corrected chi connectivity index (χ1v) is 6.66. The van der Waals surface area contributed by atoms with Crippen molar-refractivity contribution in [2.75, 3.05) is 13.2 Å². The van der Waals surface area contributed by atoms with Crippen molar-refractivity contribution in [2.24, 2.45) is 0 Å². The summed E-state index contributed by atoms with van der Waals surface area (Å²) in [6.45, 7) is 4.35. The molecule has 6 heteroatoms. The summed E-state index contributed by atoms with van der Waals surface area (Å²) in [5.41, 5.74) is 1.97. The van der Waals surface area contributed by atoms with Gasteiger partial charge in [0.15, 0.2) is 0 Å². The van der Waals surface area contributed by atoms with Crippen LogP contribution in [0.3, 0.4) is 0 Å². The molecule has 0 spiro atoms. The quantitative estimate of drug-likeness (QED) is 0.702. The van der Waals surface area contributed by atoms with Crippen LogP contribution in [0.25, 0.3) is 0 Å². The number of aromatic nitrogens is 2. The molecule has 1 aromatic heterocycles. The zero-order valence-electron chi connectivity index (χ0n) is 11.5. The third-order valence-corrected chi connectivity index (χ3v) is 2.86. The van der Waals surface area contributed by atoms with Crippen LogP contribution < -0.4 is 0 Å². The number of nitrogens with zero attached hydrogens (tertiary/aromatic N) is 2. The highest BCUT2D eigenvalue weighted by molar-refractivity contribution is 5.11. The summed E-state index contributed by atoms with van der Waals surface area (Å²) in [5, 5.41) is 14.3. The third-order valence-electron chi connectivity index (χ3n) is 2.86. The van der Waals surface area contributed by atoms with E-state index in [9.17, 15) is 13.9 Å². The van der Waals surface area contributed by atoms with Gasteiger partial charge in [0.1, 0.15) is 6.61 Å². The molecule has 0 fully saturated rings. The molecule has 1 N–H and O–H groups in total. The minimum Gasteiger partial charge on any atom is -0.393 e. The zero-order chi connectivity index (χ0) is 14.3. The molecule has 0 amide bonds. The van der Waals surface area contributed by atoms with Crippen LogP contribution in [0.1, 0.15) is 31.7 Å². The maximum absolute atomic E-state index is 11.8. The fraction of sp³-hybridized carbons (Fsp3) is 0.769. The molecular weight excluding hydrogens is 254 g/mol. The minimum absolute atomic E-state index is 0.145. The summed E-state index contributed by atoms with van der Waals surface area (Å²) in [6.07, 6.45) is -1.37. The summed E-state index contributed by atoms with van der Waals surface area (Å²) < 4.78 is 30.3. The highest BCUT2D eigenvalue weighted by atomic mass is 19.3. The first kappa shape index (κ1) is 16.0. The van der Waals surface area contributed by atoms with E-state index in [1.165, 1.54) is 0 Å². The Kier molecular flexibility index (Phi) is 6.94. The van der Waals surface area contributed by atoms with Crippen molar-refractivity contribution in [1.29, 1.82) is 0 Å². The highest BCUT2D eigenvalue weighted by Crippen LogP contribution is 2.10. The van der Waals surface area contributed by atoms with Crippen molar-refractivity contribution in [3.05, 3.63) is 17.5 Å². The van der Waals surface area contributed by atoms with Crippen LogP contribution >= 0.6 is 0 Å². The van der Waals surface area contributed by atoms with Gasteiger partial charge in [0.25, 0.3) is 6.43 Å². The molecule has 0 bridgehead atoms. The lowest BCUT2D eigenvalue weighted by Crippen LogP contribution is -2.17. The van der Waals surface area contributed by atoms with Crippen LogP contribution in [-0.2, 0) is 24.1 Å². The van der Waals surface area contributed by atoms with E-state index in [0.29, 0.717) is 12.8 Å². The molecule has 0 aromatic carbocycles. The fourth-order valence-electron chi connectivity index (χ4n) is 1.86. The zero-order valence-corrected chi connectivity index (χ0v) is 11.5. The number of hydrogen-bond acceptors (Lipinski definition) is 3. The molecule has 0 radical (unpaired) electrons. The molecule has 1 rings (SSSR count). The average Bonchev–Trinajstić information content (AvgIpc) is 2.76. The van der Waals surface area contributed by atoms with Gasteiger partial charge in [0.2, 0.25) is 0 Å². The lowest BCUT2D eigenvalue weighted by molar-refractivity contribution is 0.00495. The SMILES string of the molecule is CCc1cc(CC(O)CCOCC(F)F)n(CC)n1. The van der Waals surface area contributed by atoms with Crippen LogP contribution in [0.5, 0.6) is 0 Å². The van der Waals surface area contributed by atoms with Crippen LogP contribution in [0.15, 0.2) is 6.07 Å². The molecule has 110 valence electrons. The number of aryl methyl sites for hydroxylation is 2. The molecular formula is C13H22F2N2O2. The second-order valence-electron chi connectivity index (χ2n) is 4.41. The number of aliphatic hydroxyl groups excluding tert-OH is 1. The van der Waals surface area contributed by atoms with Gasteiger partial charge in [-0.3, -0.25) is 4.68 Å². The monoisotopic (exact) mass is 276 g/mol. The second kappa shape index (κ2) is 8.22. The molecule has 0 aliphatic heterocycles. The van der Waals surface area contributed by atoms with E-state index in [4.69, 9.17) is 4.74 Å². The van der Waals surface area contributed by atoms with Crippen molar-refractivity contribution < 1.29 is 18.6 Å². The molecule has 4 nitrogen and oxygen atoms in total. The van der Waals surface area contributed by atoms with Crippen LogP contribution in [0, 0.1) is 0 Å². The fourth-order valence-corrected chi connectivity index (χ4v) is 1.86. The summed E-state index contributed by atoms with van der Waals surface area (Å²) in [5.74, 6) is 0. The molecule has 1 atom stereocenters. The number of aliphatic hydroxyl groups is 1. The Morgan fingerprint density at radius 2 is 2.16 bits per heavy atom. The standard InChI is InChI=1S/C13H22F2N2O2/c1-3-10-7-11(17(4-2)16-10)8-12(18)5-6-19-9-13(14)15/h7,12-13,18H,3-6,8-9H2,1-2H3. The van der Waals surface area contributed by atoms with E-state index in [0.717, 1.165) is 24.4 Å². The Labute approximate surface area is 112 Å². The number of halogens is 2. The van der Waals surface area contributed by atoms with Crippen LogP contribution in [0.2, 0.25) is 0 Å². The molecule has 1 aromatic rings.